The normalized spacial score (nSPS) is 16.7. The average molecular weight is 459 g/mol. The van der Waals surface area contributed by atoms with Crippen molar-refractivity contribution in [1.29, 1.82) is 0 Å². The fourth-order valence-electron chi connectivity index (χ4n) is 3.57. The Morgan fingerprint density at radius 3 is 2.80 bits per heavy atom. The predicted molar refractivity (Wildman–Crippen MR) is 121 cm³/mol. The minimum atomic E-state index is -4.03. The lowest BCUT2D eigenvalue weighted by atomic mass is 9.95. The van der Waals surface area contributed by atoms with E-state index in [1.807, 2.05) is 0 Å². The maximum atomic E-state index is 14.0. The van der Waals surface area contributed by atoms with Gasteiger partial charge in [-0.15, -0.1) is 11.3 Å². The highest BCUT2D eigenvalue weighted by Gasteiger charge is 2.24. The van der Waals surface area contributed by atoms with Crippen LogP contribution in [0.2, 0.25) is 0 Å². The second-order valence-electron chi connectivity index (χ2n) is 7.36. The quantitative estimate of drug-likeness (QED) is 0.691. The van der Waals surface area contributed by atoms with Gasteiger partial charge in [0.2, 0.25) is 0 Å². The number of hydrogen-bond acceptors (Lipinski definition) is 7. The van der Waals surface area contributed by atoms with Gasteiger partial charge in [0.05, 0.1) is 5.69 Å². The fourth-order valence-corrected chi connectivity index (χ4v) is 5.43. The van der Waals surface area contributed by atoms with E-state index in [2.05, 4.69) is 33.9 Å². The molecule has 1 saturated carbocycles. The number of sulfonamides is 1. The Morgan fingerprint density at radius 1 is 1.37 bits per heavy atom. The minimum Gasteiger partial charge on any atom is -0.490 e. The predicted octanol–water partition coefficient (Wildman–Crippen LogP) is 4.40. The van der Waals surface area contributed by atoms with Crippen LogP contribution in [0.25, 0.3) is 0 Å². The zero-order valence-corrected chi connectivity index (χ0v) is 19.0. The third kappa shape index (κ3) is 5.83. The minimum absolute atomic E-state index is 0. The van der Waals surface area contributed by atoms with E-state index in [9.17, 15) is 12.8 Å². The van der Waals surface area contributed by atoms with Crippen LogP contribution in [0.5, 0.6) is 5.75 Å². The van der Waals surface area contributed by atoms with Gasteiger partial charge in [-0.25, -0.2) is 17.8 Å². The van der Waals surface area contributed by atoms with Gasteiger partial charge in [0.1, 0.15) is 23.1 Å². The molecule has 1 aromatic carbocycles. The van der Waals surface area contributed by atoms with Crippen LogP contribution in [-0.2, 0) is 10.0 Å². The third-order valence-corrected chi connectivity index (χ3v) is 7.52. The molecule has 0 radical (unpaired) electrons. The molecule has 2 heterocycles. The summed E-state index contributed by atoms with van der Waals surface area (Å²) in [7, 11) is -1.79. The summed E-state index contributed by atoms with van der Waals surface area (Å²) in [6.07, 6.45) is 8.70. The lowest BCUT2D eigenvalue weighted by molar-refractivity contribution is 0.200. The van der Waals surface area contributed by atoms with E-state index in [0.29, 0.717) is 24.6 Å². The van der Waals surface area contributed by atoms with Crippen molar-refractivity contribution >= 4 is 32.2 Å². The molecule has 1 aromatic heterocycles. The van der Waals surface area contributed by atoms with Crippen molar-refractivity contribution in [2.45, 2.75) is 50.0 Å². The molecule has 7 nitrogen and oxygen atoms in total. The van der Waals surface area contributed by atoms with E-state index in [1.54, 1.807) is 5.38 Å². The number of rotatable bonds is 5. The molecular formula is C20H31FN4O3S2. The molecule has 0 unspecified atom stereocenters. The fraction of sp³-hybridized carbons (Fsp3) is 0.550. The van der Waals surface area contributed by atoms with Crippen LogP contribution in [0.15, 0.2) is 28.6 Å². The SMILES string of the molecule is CCN(C)C1CCCCC1.O=S(=O)(Nc1nccs1)c1cc2c(cc1F)NCCO2.[HH]. The molecule has 30 heavy (non-hydrogen) atoms. The van der Waals surface area contributed by atoms with Gasteiger partial charge in [-0.05, 0) is 26.4 Å². The molecule has 168 valence electrons. The molecule has 0 spiro atoms. The topological polar surface area (TPSA) is 83.6 Å². The zero-order valence-electron chi connectivity index (χ0n) is 17.4. The Balaban J connectivity index is 0.000000264. The van der Waals surface area contributed by atoms with Crippen molar-refractivity contribution in [3.8, 4) is 5.75 Å². The molecule has 10 heteroatoms. The van der Waals surface area contributed by atoms with E-state index in [4.69, 9.17) is 4.74 Å². The van der Waals surface area contributed by atoms with Crippen LogP contribution in [0, 0.1) is 5.82 Å². The number of fused-ring (bicyclic) bond motifs is 1. The number of nitrogens with one attached hydrogen (secondary N) is 2. The van der Waals surface area contributed by atoms with E-state index >= 15 is 0 Å². The molecular weight excluding hydrogens is 427 g/mol. The number of ether oxygens (including phenoxy) is 1. The standard InChI is InChI=1S/C11H10FN3O3S2.C9H19N.H2/c12-7-5-8-9(18-3-1-13-8)6-10(7)20(16,17)15-11-14-2-4-19-11;1-3-10(2)9-7-5-4-6-8-9;/h2,4-6,13H,1,3H2,(H,14,15);9H,3-8H2,1-2H3;1H. The van der Waals surface area contributed by atoms with Crippen LogP contribution in [-0.4, -0.2) is 51.1 Å². The maximum absolute atomic E-state index is 14.0. The van der Waals surface area contributed by atoms with Crippen LogP contribution in [0.4, 0.5) is 15.2 Å². The van der Waals surface area contributed by atoms with E-state index in [1.165, 1.54) is 50.9 Å². The summed E-state index contributed by atoms with van der Waals surface area (Å²) in [5, 5.41) is 4.74. The van der Waals surface area contributed by atoms with Gasteiger partial charge < -0.3 is 15.0 Å². The van der Waals surface area contributed by atoms with Gasteiger partial charge in [0.15, 0.2) is 5.13 Å². The second kappa shape index (κ2) is 10.4. The first-order chi connectivity index (χ1) is 14.4. The Labute approximate surface area is 183 Å². The van der Waals surface area contributed by atoms with Gasteiger partial charge in [0, 0.05) is 37.7 Å². The van der Waals surface area contributed by atoms with Crippen molar-refractivity contribution in [3.05, 3.63) is 29.5 Å². The molecule has 1 aliphatic carbocycles. The summed E-state index contributed by atoms with van der Waals surface area (Å²) in [4.78, 5) is 5.83. The second-order valence-corrected chi connectivity index (χ2v) is 9.91. The highest BCUT2D eigenvalue weighted by molar-refractivity contribution is 7.93. The summed E-state index contributed by atoms with van der Waals surface area (Å²) in [6, 6.07) is 3.19. The number of hydrogen-bond donors (Lipinski definition) is 2. The number of benzene rings is 1. The summed E-state index contributed by atoms with van der Waals surface area (Å²) in [5.41, 5.74) is 0.446. The number of thiazole rings is 1. The number of aromatic nitrogens is 1. The van der Waals surface area contributed by atoms with E-state index in [-0.39, 0.29) is 6.56 Å². The summed E-state index contributed by atoms with van der Waals surface area (Å²) >= 11 is 1.11. The van der Waals surface area contributed by atoms with Crippen LogP contribution in [0.3, 0.4) is 0 Å². The molecule has 4 rings (SSSR count). The lowest BCUT2D eigenvalue weighted by Gasteiger charge is -2.29. The van der Waals surface area contributed by atoms with Crippen molar-refractivity contribution in [1.82, 2.24) is 9.88 Å². The van der Waals surface area contributed by atoms with Crippen molar-refractivity contribution in [3.63, 3.8) is 0 Å². The first kappa shape index (κ1) is 22.8. The molecule has 2 aliphatic rings. The van der Waals surface area contributed by atoms with Crippen LogP contribution < -0.4 is 14.8 Å². The molecule has 2 N–H and O–H groups in total. The molecule has 0 bridgehead atoms. The first-order valence-electron chi connectivity index (χ1n) is 10.2. The lowest BCUT2D eigenvalue weighted by Crippen LogP contribution is -2.32. The van der Waals surface area contributed by atoms with Crippen molar-refractivity contribution < 1.29 is 19.0 Å². The van der Waals surface area contributed by atoms with Gasteiger partial charge in [-0.2, -0.15) is 0 Å². The highest BCUT2D eigenvalue weighted by atomic mass is 32.2. The molecule has 0 saturated heterocycles. The summed E-state index contributed by atoms with van der Waals surface area (Å²) < 4.78 is 45.8. The van der Waals surface area contributed by atoms with Crippen LogP contribution >= 0.6 is 11.3 Å². The van der Waals surface area contributed by atoms with Gasteiger partial charge >= 0.3 is 0 Å². The largest absolute Gasteiger partial charge is 0.490 e. The molecule has 0 atom stereocenters. The smallest absolute Gasteiger partial charge is 0.266 e. The van der Waals surface area contributed by atoms with E-state index < -0.39 is 20.7 Å². The Morgan fingerprint density at radius 2 is 2.13 bits per heavy atom. The molecule has 0 amide bonds. The zero-order chi connectivity index (χ0) is 21.6. The van der Waals surface area contributed by atoms with Gasteiger partial charge in [-0.3, -0.25) is 4.72 Å². The molecule has 1 fully saturated rings. The summed E-state index contributed by atoms with van der Waals surface area (Å²) in [5.74, 6) is -0.525. The Kier molecular flexibility index (Phi) is 7.90. The van der Waals surface area contributed by atoms with Gasteiger partial charge in [0.25, 0.3) is 10.0 Å². The summed E-state index contributed by atoms with van der Waals surface area (Å²) in [6.45, 7) is 4.41. The van der Waals surface area contributed by atoms with Crippen LogP contribution in [0.1, 0.15) is 40.5 Å². The first-order valence-corrected chi connectivity index (χ1v) is 12.6. The molecule has 2 aromatic rings. The Hall–Kier alpha value is -1.91. The third-order valence-electron chi connectivity index (χ3n) is 5.35. The monoisotopic (exact) mass is 458 g/mol. The number of halogens is 1. The Bertz CT molecular complexity index is 923. The number of nitrogens with zero attached hydrogens (tertiary/aromatic N) is 2. The molecule has 1 aliphatic heterocycles. The average Bonchev–Trinajstić information content (AvgIpc) is 3.26. The highest BCUT2D eigenvalue weighted by Crippen LogP contribution is 2.33. The number of anilines is 2. The maximum Gasteiger partial charge on any atom is 0.266 e. The van der Waals surface area contributed by atoms with E-state index in [0.717, 1.165) is 23.4 Å². The van der Waals surface area contributed by atoms with Gasteiger partial charge in [-0.1, -0.05) is 26.2 Å². The van der Waals surface area contributed by atoms with Crippen molar-refractivity contribution in [2.24, 2.45) is 0 Å². The van der Waals surface area contributed by atoms with Crippen molar-refractivity contribution in [2.75, 3.05) is 36.8 Å².